The van der Waals surface area contributed by atoms with E-state index in [1.807, 2.05) is 41.1 Å². The van der Waals surface area contributed by atoms with Crippen LogP contribution in [0.15, 0.2) is 42.7 Å². The van der Waals surface area contributed by atoms with Crippen molar-refractivity contribution in [2.24, 2.45) is 0 Å². The zero-order valence-electron chi connectivity index (χ0n) is 17.4. The molecular formula is C22H25N7O2. The molecule has 5 rings (SSSR count). The van der Waals surface area contributed by atoms with Gasteiger partial charge in [0.2, 0.25) is 5.82 Å². The van der Waals surface area contributed by atoms with Crippen LogP contribution in [0.3, 0.4) is 0 Å². The summed E-state index contributed by atoms with van der Waals surface area (Å²) < 4.78 is 3.49. The summed E-state index contributed by atoms with van der Waals surface area (Å²) >= 11 is 0. The molecule has 0 saturated heterocycles. The number of hydrogen-bond donors (Lipinski definition) is 1. The van der Waals surface area contributed by atoms with Crippen molar-refractivity contribution in [2.45, 2.75) is 50.7 Å². The standard InChI is InChI=1S/C22H25N7O2/c1-27-19-12-18(16-8-5-9-16)25-29(19)11-10-17(22(27)31)24-21(30)20-23-14-28(26-20)13-15-6-3-2-4-7-15/h2-4,6-7,12,14,16-17H,5,8-11,13H2,1H3,(H,24,30)/t17-/m0/s1. The minimum atomic E-state index is -0.646. The van der Waals surface area contributed by atoms with E-state index in [9.17, 15) is 9.59 Å². The first kappa shape index (κ1) is 19.5. The predicted molar refractivity (Wildman–Crippen MR) is 114 cm³/mol. The van der Waals surface area contributed by atoms with Gasteiger partial charge in [0.25, 0.3) is 11.8 Å². The maximum Gasteiger partial charge on any atom is 0.291 e. The monoisotopic (exact) mass is 419 g/mol. The number of aromatic nitrogens is 5. The predicted octanol–water partition coefficient (Wildman–Crippen LogP) is 1.96. The molecule has 2 aromatic heterocycles. The second-order valence-corrected chi connectivity index (χ2v) is 8.24. The maximum absolute atomic E-state index is 13.0. The molecule has 3 aromatic rings. The summed E-state index contributed by atoms with van der Waals surface area (Å²) in [6, 6.07) is 11.2. The van der Waals surface area contributed by atoms with Gasteiger partial charge in [-0.3, -0.25) is 14.5 Å². The van der Waals surface area contributed by atoms with Crippen molar-refractivity contribution in [1.29, 1.82) is 0 Å². The average Bonchev–Trinajstić information content (AvgIpc) is 3.34. The van der Waals surface area contributed by atoms with Crippen molar-refractivity contribution in [1.82, 2.24) is 29.9 Å². The molecule has 1 saturated carbocycles. The Balaban J connectivity index is 1.25. The van der Waals surface area contributed by atoms with Crippen LogP contribution in [-0.4, -0.2) is 49.4 Å². The van der Waals surface area contributed by atoms with Gasteiger partial charge in [0.05, 0.1) is 12.2 Å². The second-order valence-electron chi connectivity index (χ2n) is 8.24. The number of aryl methyl sites for hydroxylation is 1. The Morgan fingerprint density at radius 3 is 2.71 bits per heavy atom. The van der Waals surface area contributed by atoms with E-state index < -0.39 is 11.9 Å². The van der Waals surface area contributed by atoms with Gasteiger partial charge >= 0.3 is 0 Å². The minimum Gasteiger partial charge on any atom is -0.337 e. The van der Waals surface area contributed by atoms with Gasteiger partial charge in [-0.15, -0.1) is 5.10 Å². The highest BCUT2D eigenvalue weighted by Crippen LogP contribution is 2.37. The Morgan fingerprint density at radius 1 is 1.16 bits per heavy atom. The summed E-state index contributed by atoms with van der Waals surface area (Å²) in [4.78, 5) is 31.4. The molecule has 1 aliphatic carbocycles. The minimum absolute atomic E-state index is 0.0561. The van der Waals surface area contributed by atoms with Gasteiger partial charge in [-0.05, 0) is 24.8 Å². The van der Waals surface area contributed by atoms with Crippen LogP contribution in [0.1, 0.15) is 53.5 Å². The van der Waals surface area contributed by atoms with Gasteiger partial charge in [-0.1, -0.05) is 36.8 Å². The van der Waals surface area contributed by atoms with Crippen LogP contribution >= 0.6 is 0 Å². The van der Waals surface area contributed by atoms with Gasteiger partial charge in [0.1, 0.15) is 18.2 Å². The molecule has 1 aromatic carbocycles. The van der Waals surface area contributed by atoms with E-state index in [1.54, 1.807) is 16.6 Å². The van der Waals surface area contributed by atoms with Crippen LogP contribution < -0.4 is 10.2 Å². The normalized spacial score (nSPS) is 18.9. The molecular weight excluding hydrogens is 394 g/mol. The first-order chi connectivity index (χ1) is 15.1. The Bertz CT molecular complexity index is 1100. The average molecular weight is 419 g/mol. The number of hydrogen-bond acceptors (Lipinski definition) is 5. The van der Waals surface area contributed by atoms with E-state index in [-0.39, 0.29) is 11.7 Å². The SMILES string of the molecule is CN1C(=O)[C@@H](NC(=O)c2ncn(Cc3ccccc3)n2)CCn2nc(C3CCC3)cc21. The summed E-state index contributed by atoms with van der Waals surface area (Å²) in [5.41, 5.74) is 2.13. The number of nitrogens with zero attached hydrogens (tertiary/aromatic N) is 6. The molecule has 0 bridgehead atoms. The van der Waals surface area contributed by atoms with Crippen molar-refractivity contribution >= 4 is 17.6 Å². The fraction of sp³-hybridized carbons (Fsp3) is 0.409. The number of carbonyl (C=O) groups is 2. The molecule has 3 heterocycles. The molecule has 0 spiro atoms. The summed E-state index contributed by atoms with van der Waals surface area (Å²) in [6.07, 6.45) is 5.57. The Labute approximate surface area is 180 Å². The van der Waals surface area contributed by atoms with Crippen LogP contribution in [0.25, 0.3) is 0 Å². The Hall–Kier alpha value is -3.49. The molecule has 1 aliphatic heterocycles. The lowest BCUT2D eigenvalue weighted by molar-refractivity contribution is -0.120. The maximum atomic E-state index is 13.0. The first-order valence-corrected chi connectivity index (χ1v) is 10.7. The topological polar surface area (TPSA) is 97.9 Å². The van der Waals surface area contributed by atoms with Crippen molar-refractivity contribution in [3.05, 3.63) is 59.8 Å². The van der Waals surface area contributed by atoms with E-state index in [0.29, 0.717) is 25.4 Å². The number of amides is 2. The number of nitrogens with one attached hydrogen (secondary N) is 1. The van der Waals surface area contributed by atoms with Gasteiger partial charge in [0, 0.05) is 25.6 Å². The van der Waals surface area contributed by atoms with Crippen LogP contribution in [0.4, 0.5) is 5.82 Å². The summed E-state index contributed by atoms with van der Waals surface area (Å²) in [7, 11) is 1.73. The van der Waals surface area contributed by atoms with Crippen molar-refractivity contribution in [3.8, 4) is 0 Å². The van der Waals surface area contributed by atoms with E-state index in [2.05, 4.69) is 15.4 Å². The first-order valence-electron chi connectivity index (χ1n) is 10.7. The number of likely N-dealkylation sites (N-methyl/N-ethyl adjacent to an activating group) is 1. The molecule has 9 heteroatoms. The molecule has 9 nitrogen and oxygen atoms in total. The fourth-order valence-corrected chi connectivity index (χ4v) is 4.09. The number of carbonyl (C=O) groups excluding carboxylic acids is 2. The van der Waals surface area contributed by atoms with Crippen LogP contribution in [0, 0.1) is 0 Å². The molecule has 2 aliphatic rings. The molecule has 1 fully saturated rings. The van der Waals surface area contributed by atoms with Gasteiger partial charge in [-0.25, -0.2) is 14.3 Å². The number of anilines is 1. The van der Waals surface area contributed by atoms with Crippen molar-refractivity contribution in [2.75, 3.05) is 11.9 Å². The molecule has 0 unspecified atom stereocenters. The molecule has 0 radical (unpaired) electrons. The summed E-state index contributed by atoms with van der Waals surface area (Å²) in [5, 5.41) is 11.8. The third kappa shape index (κ3) is 3.83. The highest BCUT2D eigenvalue weighted by atomic mass is 16.2. The van der Waals surface area contributed by atoms with Crippen LogP contribution in [-0.2, 0) is 17.9 Å². The zero-order valence-corrected chi connectivity index (χ0v) is 17.4. The molecule has 1 atom stereocenters. The van der Waals surface area contributed by atoms with Crippen LogP contribution in [0.5, 0.6) is 0 Å². The molecule has 160 valence electrons. The highest BCUT2D eigenvalue weighted by Gasteiger charge is 2.33. The van der Waals surface area contributed by atoms with Gasteiger partial charge in [0.15, 0.2) is 0 Å². The largest absolute Gasteiger partial charge is 0.337 e. The molecule has 1 N–H and O–H groups in total. The lowest BCUT2D eigenvalue weighted by atomic mass is 9.83. The third-order valence-corrected chi connectivity index (χ3v) is 6.14. The number of rotatable bonds is 5. The quantitative estimate of drug-likeness (QED) is 0.682. The third-order valence-electron chi connectivity index (χ3n) is 6.14. The van der Waals surface area contributed by atoms with E-state index in [4.69, 9.17) is 5.10 Å². The fourth-order valence-electron chi connectivity index (χ4n) is 4.09. The summed E-state index contributed by atoms with van der Waals surface area (Å²) in [5.74, 6) is 0.745. The van der Waals surface area contributed by atoms with E-state index in [1.165, 1.54) is 12.7 Å². The smallest absolute Gasteiger partial charge is 0.291 e. The van der Waals surface area contributed by atoms with E-state index in [0.717, 1.165) is 29.9 Å². The van der Waals surface area contributed by atoms with Crippen LogP contribution in [0.2, 0.25) is 0 Å². The van der Waals surface area contributed by atoms with Gasteiger partial charge < -0.3 is 5.32 Å². The van der Waals surface area contributed by atoms with Crippen molar-refractivity contribution in [3.63, 3.8) is 0 Å². The lowest BCUT2D eigenvalue weighted by Gasteiger charge is -2.23. The van der Waals surface area contributed by atoms with Crippen molar-refractivity contribution < 1.29 is 9.59 Å². The molecule has 31 heavy (non-hydrogen) atoms. The Kier molecular flexibility index (Phi) is 5.01. The highest BCUT2D eigenvalue weighted by molar-refractivity contribution is 6.00. The lowest BCUT2D eigenvalue weighted by Crippen LogP contribution is -2.47. The van der Waals surface area contributed by atoms with E-state index >= 15 is 0 Å². The zero-order chi connectivity index (χ0) is 21.4. The Morgan fingerprint density at radius 2 is 1.97 bits per heavy atom. The second kappa shape index (κ2) is 7.98. The summed E-state index contributed by atoms with van der Waals surface area (Å²) in [6.45, 7) is 1.09. The number of benzene rings is 1. The molecule has 2 amide bonds. The number of fused-ring (bicyclic) bond motifs is 1. The van der Waals surface area contributed by atoms with Gasteiger partial charge in [-0.2, -0.15) is 5.10 Å².